The quantitative estimate of drug-likeness (QED) is 0.819. The van der Waals surface area contributed by atoms with Gasteiger partial charge in [-0.2, -0.15) is 4.98 Å². The number of nitrogens with zero attached hydrogens (tertiary/aromatic N) is 3. The summed E-state index contributed by atoms with van der Waals surface area (Å²) in [4.78, 5) is 22.6. The number of nitrogen functional groups attached to an aromatic ring is 1. The molecule has 0 unspecified atom stereocenters. The summed E-state index contributed by atoms with van der Waals surface area (Å²) in [6, 6.07) is 8.41. The molecule has 0 radical (unpaired) electrons. The molecule has 0 bridgehead atoms. The number of aromatic nitrogens is 2. The van der Waals surface area contributed by atoms with E-state index in [0.717, 1.165) is 5.56 Å². The van der Waals surface area contributed by atoms with Crippen LogP contribution in [-0.2, 0) is 4.74 Å². The lowest BCUT2D eigenvalue weighted by atomic mass is 10.1. The third kappa shape index (κ3) is 3.61. The van der Waals surface area contributed by atoms with Gasteiger partial charge in [0.2, 0.25) is 11.8 Å². The lowest BCUT2D eigenvalue weighted by molar-refractivity contribution is 0.0520. The molecule has 8 heteroatoms. The Bertz CT molecular complexity index is 781. The Kier molecular flexibility index (Phi) is 5.34. The Morgan fingerprint density at radius 1 is 1.35 bits per heavy atom. The van der Waals surface area contributed by atoms with E-state index in [1.165, 1.54) is 7.11 Å². The average molecular weight is 358 g/mol. The molecule has 3 N–H and O–H groups in total. The van der Waals surface area contributed by atoms with Crippen LogP contribution in [-0.4, -0.2) is 64.9 Å². The Morgan fingerprint density at radius 2 is 2.08 bits per heavy atom. The van der Waals surface area contributed by atoms with E-state index in [1.54, 1.807) is 35.2 Å². The van der Waals surface area contributed by atoms with Crippen LogP contribution in [0.15, 0.2) is 30.3 Å². The molecule has 138 valence electrons. The summed E-state index contributed by atoms with van der Waals surface area (Å²) < 4.78 is 10.4. The van der Waals surface area contributed by atoms with Gasteiger partial charge in [0.25, 0.3) is 5.91 Å². The third-order valence-electron chi connectivity index (χ3n) is 4.38. The van der Waals surface area contributed by atoms with Gasteiger partial charge >= 0.3 is 0 Å². The molecule has 1 amide bonds. The minimum Gasteiger partial charge on any atom is -0.481 e. The molecule has 26 heavy (non-hydrogen) atoms. The number of amides is 1. The number of carbonyl (C=O) groups excluding carboxylic acids is 1. The van der Waals surface area contributed by atoms with Gasteiger partial charge in [0.1, 0.15) is 0 Å². The maximum atomic E-state index is 12.8. The van der Waals surface area contributed by atoms with Crippen LogP contribution in [0.5, 0.6) is 5.88 Å². The van der Waals surface area contributed by atoms with Gasteiger partial charge in [-0.25, -0.2) is 4.98 Å². The summed E-state index contributed by atoms with van der Waals surface area (Å²) in [6.45, 7) is 2.97. The summed E-state index contributed by atoms with van der Waals surface area (Å²) in [6.07, 6.45) is -0.658. The van der Waals surface area contributed by atoms with Crippen molar-refractivity contribution < 1.29 is 19.4 Å². The first-order valence-corrected chi connectivity index (χ1v) is 8.39. The van der Waals surface area contributed by atoms with Crippen LogP contribution in [0.4, 0.5) is 5.95 Å². The molecular formula is C18H22N4O4. The highest BCUT2D eigenvalue weighted by Gasteiger charge is 2.34. The molecule has 1 aliphatic rings. The van der Waals surface area contributed by atoms with E-state index in [4.69, 9.17) is 15.2 Å². The number of benzene rings is 1. The smallest absolute Gasteiger partial charge is 0.254 e. The molecule has 1 aromatic carbocycles. The predicted octanol–water partition coefficient (Wildman–Crippen LogP) is 0.956. The zero-order valence-corrected chi connectivity index (χ0v) is 14.8. The molecule has 3 rings (SSSR count). The van der Waals surface area contributed by atoms with Gasteiger partial charge in [-0.1, -0.05) is 12.1 Å². The number of nitrogens with two attached hydrogens (primary N) is 1. The molecule has 2 aromatic rings. The number of likely N-dealkylation sites (N-methyl/N-ethyl adjacent to an activating group) is 1. The van der Waals surface area contributed by atoms with Gasteiger partial charge < -0.3 is 25.2 Å². The number of carbonyl (C=O) groups is 1. The zero-order chi connectivity index (χ0) is 18.7. The lowest BCUT2D eigenvalue weighted by Gasteiger charge is -2.28. The van der Waals surface area contributed by atoms with Crippen LogP contribution < -0.4 is 10.5 Å². The summed E-state index contributed by atoms with van der Waals surface area (Å²) in [5.74, 6) is 0.347. The second-order valence-corrected chi connectivity index (χ2v) is 5.99. The number of methoxy groups -OCH3 is 1. The van der Waals surface area contributed by atoms with Crippen LogP contribution >= 0.6 is 0 Å². The van der Waals surface area contributed by atoms with E-state index >= 15 is 0 Å². The maximum absolute atomic E-state index is 12.8. The van der Waals surface area contributed by atoms with Crippen LogP contribution in [0, 0.1) is 0 Å². The highest BCUT2D eigenvalue weighted by atomic mass is 16.5. The number of ether oxygens (including phenoxy) is 2. The van der Waals surface area contributed by atoms with Gasteiger partial charge in [-0.05, 0) is 19.1 Å². The van der Waals surface area contributed by atoms with Crippen LogP contribution in [0.25, 0.3) is 11.3 Å². The molecule has 2 heterocycles. The number of hydrogen-bond acceptors (Lipinski definition) is 7. The van der Waals surface area contributed by atoms with E-state index in [2.05, 4.69) is 9.97 Å². The van der Waals surface area contributed by atoms with Crippen LogP contribution in [0.1, 0.15) is 17.3 Å². The molecule has 0 saturated carbocycles. The average Bonchev–Trinajstić information content (AvgIpc) is 3.07. The third-order valence-corrected chi connectivity index (χ3v) is 4.38. The van der Waals surface area contributed by atoms with Crippen molar-refractivity contribution in [3.8, 4) is 17.1 Å². The van der Waals surface area contributed by atoms with Crippen molar-refractivity contribution in [3.05, 3.63) is 35.9 Å². The predicted molar refractivity (Wildman–Crippen MR) is 95.8 cm³/mol. The first kappa shape index (κ1) is 18.1. The monoisotopic (exact) mass is 358 g/mol. The molecular weight excluding hydrogens is 336 g/mol. The molecule has 1 saturated heterocycles. The number of aliphatic hydroxyl groups is 1. The Morgan fingerprint density at radius 3 is 2.65 bits per heavy atom. The number of anilines is 1. The highest BCUT2D eigenvalue weighted by molar-refractivity contribution is 5.95. The molecule has 8 nitrogen and oxygen atoms in total. The molecule has 1 fully saturated rings. The van der Waals surface area contributed by atoms with Crippen molar-refractivity contribution in [1.82, 2.24) is 14.9 Å². The van der Waals surface area contributed by atoms with Gasteiger partial charge in [0.15, 0.2) is 0 Å². The van der Waals surface area contributed by atoms with Crippen molar-refractivity contribution >= 4 is 11.9 Å². The minimum absolute atomic E-state index is 0.117. The van der Waals surface area contributed by atoms with Crippen molar-refractivity contribution in [1.29, 1.82) is 0 Å². The zero-order valence-electron chi connectivity index (χ0n) is 14.8. The van der Waals surface area contributed by atoms with E-state index in [1.807, 2.05) is 6.92 Å². The van der Waals surface area contributed by atoms with Crippen molar-refractivity contribution in [2.75, 3.05) is 32.6 Å². The van der Waals surface area contributed by atoms with Gasteiger partial charge in [0, 0.05) is 23.7 Å². The van der Waals surface area contributed by atoms with E-state index < -0.39 is 6.10 Å². The van der Waals surface area contributed by atoms with Crippen molar-refractivity contribution in [2.45, 2.75) is 19.1 Å². The molecule has 0 aliphatic carbocycles. The summed E-state index contributed by atoms with van der Waals surface area (Å²) in [7, 11) is 1.51. The second kappa shape index (κ2) is 7.67. The number of aliphatic hydroxyl groups excluding tert-OH is 1. The van der Waals surface area contributed by atoms with Crippen LogP contribution in [0.3, 0.4) is 0 Å². The van der Waals surface area contributed by atoms with Crippen LogP contribution in [0.2, 0.25) is 0 Å². The molecule has 0 spiro atoms. The summed E-state index contributed by atoms with van der Waals surface area (Å²) >= 11 is 0. The Labute approximate surface area is 151 Å². The standard InChI is InChI=1S/C18H22N4O4/c1-3-22(14-9-26-10-15(14)23)17(24)12-6-4-11(5-7-12)13-8-16(25-2)21-18(19)20-13/h4-8,14-15,23H,3,9-10H2,1-2H3,(H2,19,20,21)/t14-,15-/m0/s1. The highest BCUT2D eigenvalue weighted by Crippen LogP contribution is 2.23. The minimum atomic E-state index is -0.658. The SMILES string of the molecule is CCN(C(=O)c1ccc(-c2cc(OC)nc(N)n2)cc1)[C@H]1COC[C@@H]1O. The molecule has 2 atom stereocenters. The molecule has 1 aliphatic heterocycles. The van der Waals surface area contributed by atoms with E-state index in [9.17, 15) is 9.90 Å². The van der Waals surface area contributed by atoms with E-state index in [0.29, 0.717) is 30.3 Å². The second-order valence-electron chi connectivity index (χ2n) is 5.99. The Balaban J connectivity index is 1.82. The first-order chi connectivity index (χ1) is 12.5. The fourth-order valence-corrected chi connectivity index (χ4v) is 3.00. The Hall–Kier alpha value is -2.71. The number of rotatable bonds is 5. The summed E-state index contributed by atoms with van der Waals surface area (Å²) in [5, 5.41) is 10.00. The maximum Gasteiger partial charge on any atom is 0.254 e. The summed E-state index contributed by atoms with van der Waals surface area (Å²) in [5.41, 5.74) is 7.63. The van der Waals surface area contributed by atoms with Crippen molar-refractivity contribution in [3.63, 3.8) is 0 Å². The van der Waals surface area contributed by atoms with Gasteiger partial charge in [-0.3, -0.25) is 4.79 Å². The topological polar surface area (TPSA) is 111 Å². The fourth-order valence-electron chi connectivity index (χ4n) is 3.00. The van der Waals surface area contributed by atoms with Gasteiger partial charge in [0.05, 0.1) is 38.2 Å². The molecule has 1 aromatic heterocycles. The lowest BCUT2D eigenvalue weighted by Crippen LogP contribution is -2.46. The normalized spacial score (nSPS) is 19.3. The fraction of sp³-hybridized carbons (Fsp3) is 0.389. The largest absolute Gasteiger partial charge is 0.481 e. The first-order valence-electron chi connectivity index (χ1n) is 8.39. The van der Waals surface area contributed by atoms with Crippen molar-refractivity contribution in [2.24, 2.45) is 0 Å². The van der Waals surface area contributed by atoms with Gasteiger partial charge in [-0.15, -0.1) is 0 Å². The number of hydrogen-bond donors (Lipinski definition) is 2. The van der Waals surface area contributed by atoms with E-state index in [-0.39, 0.29) is 24.5 Å².